The van der Waals surface area contributed by atoms with Crippen molar-refractivity contribution < 1.29 is 30.0 Å². The number of benzene rings is 1. The van der Waals surface area contributed by atoms with E-state index in [0.717, 1.165) is 18.6 Å². The third-order valence-corrected chi connectivity index (χ3v) is 3.49. The Kier molecular flexibility index (Phi) is 5.52. The SMILES string of the molecule is CCCOC1=C(O)CC(/C=C/C(=O)c2c(O)cc(O)cc2O)C=C1. The third kappa shape index (κ3) is 4.10. The first kappa shape index (κ1) is 17.5. The largest absolute Gasteiger partial charge is 0.508 e. The van der Waals surface area contributed by atoms with Crippen molar-refractivity contribution in [2.24, 2.45) is 5.92 Å². The minimum atomic E-state index is -0.602. The first-order valence-electron chi connectivity index (χ1n) is 7.63. The summed E-state index contributed by atoms with van der Waals surface area (Å²) in [5.74, 6) is -1.60. The quantitative estimate of drug-likeness (QED) is 0.470. The number of aliphatic hydroxyl groups excluding tert-OH is 1. The minimum absolute atomic E-state index is 0.114. The van der Waals surface area contributed by atoms with Crippen LogP contribution in [0.5, 0.6) is 17.2 Å². The highest BCUT2D eigenvalue weighted by atomic mass is 16.5. The van der Waals surface area contributed by atoms with Crippen LogP contribution < -0.4 is 0 Å². The maximum absolute atomic E-state index is 12.1. The molecule has 6 heteroatoms. The first-order chi connectivity index (χ1) is 11.4. The standard InChI is InChI=1S/C18H20O6/c1-2-7-24-17-6-4-11(8-14(17)21)3-5-13(20)18-15(22)9-12(19)10-16(18)23/h3-6,9-11,19,21-23H,2,7-8H2,1H3/b5-3+. The highest BCUT2D eigenvalue weighted by Crippen LogP contribution is 2.32. The van der Waals surface area contributed by atoms with Crippen LogP contribution >= 0.6 is 0 Å². The Morgan fingerprint density at radius 2 is 1.92 bits per heavy atom. The van der Waals surface area contributed by atoms with Gasteiger partial charge in [0.05, 0.1) is 6.61 Å². The lowest BCUT2D eigenvalue weighted by Gasteiger charge is -2.16. The summed E-state index contributed by atoms with van der Waals surface area (Å²) in [6, 6.07) is 1.96. The van der Waals surface area contributed by atoms with Crippen LogP contribution in [0.25, 0.3) is 0 Å². The maximum Gasteiger partial charge on any atom is 0.193 e. The zero-order chi connectivity index (χ0) is 17.7. The molecule has 0 amide bonds. The summed E-state index contributed by atoms with van der Waals surface area (Å²) in [4.78, 5) is 12.1. The van der Waals surface area contributed by atoms with Crippen molar-refractivity contribution in [2.75, 3.05) is 6.61 Å². The molecule has 1 aliphatic carbocycles. The second kappa shape index (κ2) is 7.59. The molecule has 4 N–H and O–H groups in total. The number of rotatable bonds is 6. The van der Waals surface area contributed by atoms with Crippen molar-refractivity contribution in [1.29, 1.82) is 0 Å². The van der Waals surface area contributed by atoms with Crippen LogP contribution in [-0.2, 0) is 4.74 Å². The molecule has 0 bridgehead atoms. The molecule has 1 aliphatic rings. The number of hydrogen-bond acceptors (Lipinski definition) is 6. The minimum Gasteiger partial charge on any atom is -0.508 e. The molecule has 0 saturated carbocycles. The molecule has 128 valence electrons. The summed E-state index contributed by atoms with van der Waals surface area (Å²) in [5, 5.41) is 38.6. The molecule has 0 spiro atoms. The molecule has 1 unspecified atom stereocenters. The topological polar surface area (TPSA) is 107 Å². The van der Waals surface area contributed by atoms with E-state index in [1.807, 2.05) is 6.92 Å². The van der Waals surface area contributed by atoms with Gasteiger partial charge in [0.15, 0.2) is 11.5 Å². The van der Waals surface area contributed by atoms with E-state index in [4.69, 9.17) is 4.74 Å². The fourth-order valence-corrected chi connectivity index (χ4v) is 2.32. The van der Waals surface area contributed by atoms with E-state index in [2.05, 4.69) is 0 Å². The Bertz CT molecular complexity index is 691. The van der Waals surface area contributed by atoms with Crippen LogP contribution in [-0.4, -0.2) is 32.8 Å². The van der Waals surface area contributed by atoms with E-state index >= 15 is 0 Å². The number of carbonyl (C=O) groups is 1. The van der Waals surface area contributed by atoms with E-state index < -0.39 is 17.3 Å². The number of ketones is 1. The highest BCUT2D eigenvalue weighted by molar-refractivity contribution is 6.08. The molecule has 1 aromatic carbocycles. The highest BCUT2D eigenvalue weighted by Gasteiger charge is 2.18. The van der Waals surface area contributed by atoms with Gasteiger partial charge >= 0.3 is 0 Å². The number of phenolic OH excluding ortho intramolecular Hbond substituents is 3. The van der Waals surface area contributed by atoms with Gasteiger partial charge in [-0.2, -0.15) is 0 Å². The predicted molar refractivity (Wildman–Crippen MR) is 88.1 cm³/mol. The molecule has 2 rings (SSSR count). The van der Waals surface area contributed by atoms with Crippen LogP contribution in [0.1, 0.15) is 30.1 Å². The van der Waals surface area contributed by atoms with Crippen LogP contribution in [0.3, 0.4) is 0 Å². The lowest BCUT2D eigenvalue weighted by molar-refractivity contribution is 0.104. The summed E-state index contributed by atoms with van der Waals surface area (Å²) in [7, 11) is 0. The van der Waals surface area contributed by atoms with Crippen molar-refractivity contribution in [3.05, 3.63) is 53.5 Å². The van der Waals surface area contributed by atoms with Crippen molar-refractivity contribution in [3.8, 4) is 17.2 Å². The molecule has 1 atom stereocenters. The number of allylic oxidation sites excluding steroid dienone is 5. The number of carbonyl (C=O) groups excluding carboxylic acids is 1. The zero-order valence-electron chi connectivity index (χ0n) is 13.3. The fraction of sp³-hybridized carbons (Fsp3) is 0.278. The van der Waals surface area contributed by atoms with Gasteiger partial charge < -0.3 is 25.2 Å². The van der Waals surface area contributed by atoms with Gasteiger partial charge in [-0.15, -0.1) is 0 Å². The number of aromatic hydroxyl groups is 3. The Balaban J connectivity index is 2.07. The van der Waals surface area contributed by atoms with E-state index in [1.54, 1.807) is 18.2 Å². The van der Waals surface area contributed by atoms with Gasteiger partial charge in [-0.05, 0) is 18.6 Å². The lowest BCUT2D eigenvalue weighted by Crippen LogP contribution is -2.07. The van der Waals surface area contributed by atoms with Crippen LogP contribution in [0, 0.1) is 5.92 Å². The summed E-state index contributed by atoms with van der Waals surface area (Å²) in [6.07, 6.45) is 7.37. The van der Waals surface area contributed by atoms with E-state index in [0.29, 0.717) is 18.8 Å². The Morgan fingerprint density at radius 3 is 2.50 bits per heavy atom. The van der Waals surface area contributed by atoms with Crippen molar-refractivity contribution in [2.45, 2.75) is 19.8 Å². The zero-order valence-corrected chi connectivity index (χ0v) is 13.3. The van der Waals surface area contributed by atoms with Gasteiger partial charge in [-0.25, -0.2) is 0 Å². The monoisotopic (exact) mass is 332 g/mol. The van der Waals surface area contributed by atoms with Crippen LogP contribution in [0.15, 0.2) is 48.0 Å². The number of aliphatic hydroxyl groups is 1. The molecule has 0 radical (unpaired) electrons. The van der Waals surface area contributed by atoms with Crippen molar-refractivity contribution >= 4 is 5.78 Å². The molecular weight excluding hydrogens is 312 g/mol. The number of ether oxygens (including phenoxy) is 1. The molecule has 0 fully saturated rings. The molecule has 0 saturated heterocycles. The summed E-state index contributed by atoms with van der Waals surface area (Å²) in [5.41, 5.74) is -0.282. The molecule has 0 aliphatic heterocycles. The molecule has 6 nitrogen and oxygen atoms in total. The maximum atomic E-state index is 12.1. The van der Waals surface area contributed by atoms with E-state index in [-0.39, 0.29) is 23.0 Å². The Morgan fingerprint density at radius 1 is 1.25 bits per heavy atom. The van der Waals surface area contributed by atoms with Gasteiger partial charge in [0, 0.05) is 24.5 Å². The number of hydrogen-bond donors (Lipinski definition) is 4. The number of phenols is 3. The normalized spacial score (nSPS) is 17.5. The van der Waals surface area contributed by atoms with Gasteiger partial charge in [0.2, 0.25) is 0 Å². The molecular formula is C18H20O6. The Hall–Kier alpha value is -2.89. The third-order valence-electron chi connectivity index (χ3n) is 3.49. The second-order valence-electron chi connectivity index (χ2n) is 5.47. The van der Waals surface area contributed by atoms with Gasteiger partial charge in [0.1, 0.15) is 28.6 Å². The average Bonchev–Trinajstić information content (AvgIpc) is 2.51. The van der Waals surface area contributed by atoms with Crippen molar-refractivity contribution in [3.63, 3.8) is 0 Å². The smallest absolute Gasteiger partial charge is 0.193 e. The predicted octanol–water partition coefficient (Wildman–Crippen LogP) is 3.31. The summed E-state index contributed by atoms with van der Waals surface area (Å²) in [6.45, 7) is 2.48. The van der Waals surface area contributed by atoms with E-state index in [1.165, 1.54) is 6.08 Å². The van der Waals surface area contributed by atoms with E-state index in [9.17, 15) is 25.2 Å². The second-order valence-corrected chi connectivity index (χ2v) is 5.47. The molecule has 24 heavy (non-hydrogen) atoms. The molecule has 0 aromatic heterocycles. The van der Waals surface area contributed by atoms with Gasteiger partial charge in [-0.1, -0.05) is 19.1 Å². The Labute approximate surface area is 139 Å². The summed E-state index contributed by atoms with van der Waals surface area (Å²) < 4.78 is 5.39. The lowest BCUT2D eigenvalue weighted by atomic mass is 9.96. The van der Waals surface area contributed by atoms with Crippen molar-refractivity contribution in [1.82, 2.24) is 0 Å². The van der Waals surface area contributed by atoms with Crippen LogP contribution in [0.4, 0.5) is 0 Å². The average molecular weight is 332 g/mol. The van der Waals surface area contributed by atoms with Gasteiger partial charge in [0.25, 0.3) is 0 Å². The van der Waals surface area contributed by atoms with Gasteiger partial charge in [-0.3, -0.25) is 4.79 Å². The molecule has 0 heterocycles. The van der Waals surface area contributed by atoms with Crippen LogP contribution in [0.2, 0.25) is 0 Å². The molecule has 1 aromatic rings. The summed E-state index contributed by atoms with van der Waals surface area (Å²) >= 11 is 0. The first-order valence-corrected chi connectivity index (χ1v) is 7.63. The fourth-order valence-electron chi connectivity index (χ4n) is 2.32.